The molecule has 0 saturated carbocycles. The number of benzene rings is 2. The number of hydrogen-bond acceptors (Lipinski definition) is 5. The minimum atomic E-state index is -0.456. The number of hydrogen-bond donors (Lipinski definition) is 1. The number of methoxy groups -OCH3 is 2. The zero-order valence-corrected chi connectivity index (χ0v) is 12.3. The fourth-order valence-electron chi connectivity index (χ4n) is 2.64. The van der Waals surface area contributed by atoms with Gasteiger partial charge >= 0.3 is 0 Å². The summed E-state index contributed by atoms with van der Waals surface area (Å²) in [5, 5.41) is 9.99. The molecule has 5 heteroatoms. The SMILES string of the molecule is COc1cc(O)c2c(c1)O[C@@H](c1ccccc1OC)CC2=O. The molecule has 0 spiro atoms. The first kappa shape index (κ1) is 14.3. The standard InChI is InChI=1S/C17H16O5/c1-20-10-7-12(18)17-13(19)9-15(22-16(17)8-10)11-5-3-4-6-14(11)21-2/h3-8,15,18H,9H2,1-2H3/t15-/m1/s1. The molecule has 2 aromatic carbocycles. The van der Waals surface area contributed by atoms with Crippen molar-refractivity contribution < 1.29 is 24.1 Å². The van der Waals surface area contributed by atoms with Gasteiger partial charge in [0.25, 0.3) is 0 Å². The number of ketones is 1. The maximum atomic E-state index is 12.4. The van der Waals surface area contributed by atoms with Crippen molar-refractivity contribution in [2.24, 2.45) is 0 Å². The minimum Gasteiger partial charge on any atom is -0.507 e. The van der Waals surface area contributed by atoms with Crippen molar-refractivity contribution in [3.8, 4) is 23.0 Å². The Balaban J connectivity index is 2.03. The molecule has 3 rings (SSSR count). The Kier molecular flexibility index (Phi) is 3.63. The third-order valence-electron chi connectivity index (χ3n) is 3.70. The lowest BCUT2D eigenvalue weighted by molar-refractivity contribution is 0.0841. The molecule has 1 aliphatic heterocycles. The number of carbonyl (C=O) groups is 1. The van der Waals surface area contributed by atoms with E-state index < -0.39 is 6.10 Å². The van der Waals surface area contributed by atoms with Crippen LogP contribution in [-0.2, 0) is 0 Å². The van der Waals surface area contributed by atoms with Gasteiger partial charge in [0.05, 0.1) is 20.6 Å². The molecule has 22 heavy (non-hydrogen) atoms. The van der Waals surface area contributed by atoms with Crippen molar-refractivity contribution in [2.75, 3.05) is 14.2 Å². The molecule has 1 heterocycles. The molecule has 0 radical (unpaired) electrons. The lowest BCUT2D eigenvalue weighted by Gasteiger charge is -2.27. The van der Waals surface area contributed by atoms with E-state index in [2.05, 4.69) is 0 Å². The molecular weight excluding hydrogens is 284 g/mol. The van der Waals surface area contributed by atoms with Crippen LogP contribution in [0.15, 0.2) is 36.4 Å². The topological polar surface area (TPSA) is 65.0 Å². The number of Topliss-reactive ketones (excluding diaryl/α,β-unsaturated/α-hetero) is 1. The molecule has 0 saturated heterocycles. The van der Waals surface area contributed by atoms with E-state index in [1.165, 1.54) is 13.2 Å². The van der Waals surface area contributed by atoms with E-state index in [-0.39, 0.29) is 23.5 Å². The molecule has 0 aliphatic carbocycles. The number of aromatic hydroxyl groups is 1. The van der Waals surface area contributed by atoms with Crippen LogP contribution in [0, 0.1) is 0 Å². The van der Waals surface area contributed by atoms with E-state index in [0.717, 1.165) is 5.56 Å². The third kappa shape index (κ3) is 2.35. The van der Waals surface area contributed by atoms with Crippen molar-refractivity contribution >= 4 is 5.78 Å². The molecule has 0 bridgehead atoms. The number of phenolic OH excluding ortho intramolecular Hbond substituents is 1. The minimum absolute atomic E-state index is 0.127. The number of rotatable bonds is 3. The summed E-state index contributed by atoms with van der Waals surface area (Å²) in [6.07, 6.45) is -0.310. The van der Waals surface area contributed by atoms with Crippen LogP contribution in [0.2, 0.25) is 0 Å². The lowest BCUT2D eigenvalue weighted by Crippen LogP contribution is -2.21. The predicted molar refractivity (Wildman–Crippen MR) is 80.0 cm³/mol. The van der Waals surface area contributed by atoms with Gasteiger partial charge in [-0.2, -0.15) is 0 Å². The first-order valence-corrected chi connectivity index (χ1v) is 6.87. The zero-order valence-electron chi connectivity index (χ0n) is 12.3. The molecule has 114 valence electrons. The average molecular weight is 300 g/mol. The van der Waals surface area contributed by atoms with Crippen LogP contribution in [0.5, 0.6) is 23.0 Å². The van der Waals surface area contributed by atoms with Crippen LogP contribution < -0.4 is 14.2 Å². The van der Waals surface area contributed by atoms with Crippen molar-refractivity contribution in [1.82, 2.24) is 0 Å². The van der Waals surface area contributed by atoms with Crippen LogP contribution in [0.3, 0.4) is 0 Å². The van der Waals surface area contributed by atoms with Gasteiger partial charge in [-0.15, -0.1) is 0 Å². The Morgan fingerprint density at radius 3 is 2.68 bits per heavy atom. The summed E-state index contributed by atoms with van der Waals surface area (Å²) in [5.74, 6) is 1.12. The van der Waals surface area contributed by atoms with Crippen LogP contribution in [0.25, 0.3) is 0 Å². The summed E-state index contributed by atoms with van der Waals surface area (Å²) in [6, 6.07) is 10.4. The summed E-state index contributed by atoms with van der Waals surface area (Å²) in [5.41, 5.74) is 0.998. The molecule has 0 fully saturated rings. The molecule has 2 aromatic rings. The molecule has 1 aliphatic rings. The normalized spacial score (nSPS) is 16.6. The predicted octanol–water partition coefficient (Wildman–Crippen LogP) is 3.12. The highest BCUT2D eigenvalue weighted by atomic mass is 16.5. The maximum absolute atomic E-state index is 12.4. The summed E-state index contributed by atoms with van der Waals surface area (Å²) in [4.78, 5) is 12.4. The Labute approximate surface area is 128 Å². The fraction of sp³-hybridized carbons (Fsp3) is 0.235. The molecule has 5 nitrogen and oxygen atoms in total. The Bertz CT molecular complexity index is 723. The van der Waals surface area contributed by atoms with E-state index >= 15 is 0 Å². The van der Waals surface area contributed by atoms with E-state index in [1.807, 2.05) is 24.3 Å². The van der Waals surface area contributed by atoms with Gasteiger partial charge in [-0.25, -0.2) is 0 Å². The average Bonchev–Trinajstić information content (AvgIpc) is 2.53. The lowest BCUT2D eigenvalue weighted by atomic mass is 9.95. The molecule has 0 amide bonds. The van der Waals surface area contributed by atoms with Crippen LogP contribution >= 0.6 is 0 Å². The van der Waals surface area contributed by atoms with Gasteiger partial charge < -0.3 is 19.3 Å². The van der Waals surface area contributed by atoms with Gasteiger partial charge in [-0.3, -0.25) is 4.79 Å². The van der Waals surface area contributed by atoms with Crippen LogP contribution in [-0.4, -0.2) is 25.1 Å². The molecular formula is C17H16O5. The summed E-state index contributed by atoms with van der Waals surface area (Å²) >= 11 is 0. The number of para-hydroxylation sites is 1. The van der Waals surface area contributed by atoms with E-state index in [4.69, 9.17) is 14.2 Å². The van der Waals surface area contributed by atoms with Crippen LogP contribution in [0.1, 0.15) is 28.4 Å². The third-order valence-corrected chi connectivity index (χ3v) is 3.70. The Morgan fingerprint density at radius 2 is 1.95 bits per heavy atom. The summed E-state index contributed by atoms with van der Waals surface area (Å²) in [6.45, 7) is 0. The monoisotopic (exact) mass is 300 g/mol. The van der Waals surface area contributed by atoms with E-state index in [1.54, 1.807) is 13.2 Å². The van der Waals surface area contributed by atoms with Gasteiger partial charge in [-0.1, -0.05) is 18.2 Å². The molecule has 1 N–H and O–H groups in total. The summed E-state index contributed by atoms with van der Waals surface area (Å²) < 4.78 is 16.3. The van der Waals surface area contributed by atoms with Crippen molar-refractivity contribution in [3.05, 3.63) is 47.5 Å². The first-order valence-electron chi connectivity index (χ1n) is 6.87. The Morgan fingerprint density at radius 1 is 1.18 bits per heavy atom. The van der Waals surface area contributed by atoms with Gasteiger partial charge in [0.1, 0.15) is 34.7 Å². The van der Waals surface area contributed by atoms with E-state index in [0.29, 0.717) is 17.2 Å². The number of phenols is 1. The maximum Gasteiger partial charge on any atom is 0.174 e. The molecule has 1 atom stereocenters. The van der Waals surface area contributed by atoms with Crippen molar-refractivity contribution in [3.63, 3.8) is 0 Å². The van der Waals surface area contributed by atoms with E-state index in [9.17, 15) is 9.90 Å². The summed E-state index contributed by atoms with van der Waals surface area (Å²) in [7, 11) is 3.07. The zero-order chi connectivity index (χ0) is 15.7. The highest BCUT2D eigenvalue weighted by Gasteiger charge is 2.32. The highest BCUT2D eigenvalue weighted by molar-refractivity contribution is 6.02. The van der Waals surface area contributed by atoms with Crippen molar-refractivity contribution in [2.45, 2.75) is 12.5 Å². The van der Waals surface area contributed by atoms with Gasteiger partial charge in [0.2, 0.25) is 0 Å². The largest absolute Gasteiger partial charge is 0.507 e. The number of carbonyl (C=O) groups excluding carboxylic acids is 1. The Hall–Kier alpha value is -2.69. The van der Waals surface area contributed by atoms with Gasteiger partial charge in [0, 0.05) is 17.7 Å². The fourth-order valence-corrected chi connectivity index (χ4v) is 2.64. The molecule has 0 unspecified atom stereocenters. The number of ether oxygens (including phenoxy) is 3. The number of fused-ring (bicyclic) bond motifs is 1. The first-order chi connectivity index (χ1) is 10.6. The van der Waals surface area contributed by atoms with Crippen molar-refractivity contribution in [1.29, 1.82) is 0 Å². The second kappa shape index (κ2) is 5.60. The van der Waals surface area contributed by atoms with Gasteiger partial charge in [0.15, 0.2) is 5.78 Å². The second-order valence-corrected chi connectivity index (χ2v) is 5.00. The van der Waals surface area contributed by atoms with Gasteiger partial charge in [-0.05, 0) is 6.07 Å². The smallest absolute Gasteiger partial charge is 0.174 e. The highest BCUT2D eigenvalue weighted by Crippen LogP contribution is 2.43. The quantitative estimate of drug-likeness (QED) is 0.943. The van der Waals surface area contributed by atoms with Crippen LogP contribution in [0.4, 0.5) is 0 Å². The second-order valence-electron chi connectivity index (χ2n) is 5.00. The molecule has 0 aromatic heterocycles.